The number of hydrogen-bond donors (Lipinski definition) is 1. The molecule has 0 fully saturated rings. The van der Waals surface area contributed by atoms with Crippen molar-refractivity contribution in [2.45, 2.75) is 13.3 Å². The van der Waals surface area contributed by atoms with E-state index in [1.54, 1.807) is 0 Å². The predicted molar refractivity (Wildman–Crippen MR) is 81.3 cm³/mol. The van der Waals surface area contributed by atoms with E-state index in [1.807, 2.05) is 36.6 Å². The van der Waals surface area contributed by atoms with Crippen molar-refractivity contribution in [2.24, 2.45) is 0 Å². The highest BCUT2D eigenvalue weighted by atomic mass is 32.1. The lowest BCUT2D eigenvalue weighted by Gasteiger charge is -2.13. The van der Waals surface area contributed by atoms with Crippen LogP contribution in [0.4, 0.5) is 0 Å². The number of carboxylic acids is 1. The molecule has 1 N–H and O–H groups in total. The SMILES string of the molecule is Cc1ccc(-c2nc(CC(=O)N(C)CC(=O)O)cs2)cc1. The molecule has 0 spiro atoms. The first-order valence-corrected chi connectivity index (χ1v) is 7.31. The Labute approximate surface area is 126 Å². The molecule has 2 aromatic rings. The Morgan fingerprint density at radius 1 is 1.29 bits per heavy atom. The van der Waals surface area contributed by atoms with E-state index in [1.165, 1.54) is 28.8 Å². The minimum absolute atomic E-state index is 0.117. The zero-order valence-corrected chi connectivity index (χ0v) is 12.7. The molecule has 2 rings (SSSR count). The Morgan fingerprint density at radius 2 is 1.95 bits per heavy atom. The predicted octanol–water partition coefficient (Wildman–Crippen LogP) is 2.20. The number of rotatable bonds is 5. The highest BCUT2D eigenvalue weighted by Crippen LogP contribution is 2.24. The van der Waals surface area contributed by atoms with Crippen molar-refractivity contribution in [3.8, 4) is 10.6 Å². The van der Waals surface area contributed by atoms with Crippen LogP contribution < -0.4 is 0 Å². The van der Waals surface area contributed by atoms with Gasteiger partial charge >= 0.3 is 5.97 Å². The van der Waals surface area contributed by atoms with E-state index in [9.17, 15) is 9.59 Å². The molecule has 0 bridgehead atoms. The third kappa shape index (κ3) is 4.13. The van der Waals surface area contributed by atoms with Gasteiger partial charge in [-0.25, -0.2) is 4.98 Å². The molecule has 0 radical (unpaired) electrons. The van der Waals surface area contributed by atoms with E-state index in [0.717, 1.165) is 10.6 Å². The van der Waals surface area contributed by atoms with Crippen LogP contribution in [-0.2, 0) is 16.0 Å². The lowest BCUT2D eigenvalue weighted by atomic mass is 10.2. The van der Waals surface area contributed by atoms with Gasteiger partial charge in [0.2, 0.25) is 5.91 Å². The molecule has 0 aliphatic carbocycles. The smallest absolute Gasteiger partial charge is 0.323 e. The highest BCUT2D eigenvalue weighted by Gasteiger charge is 2.14. The maximum Gasteiger partial charge on any atom is 0.323 e. The van der Waals surface area contributed by atoms with Crippen LogP contribution in [0.25, 0.3) is 10.6 Å². The quantitative estimate of drug-likeness (QED) is 0.919. The molecule has 6 heteroatoms. The lowest BCUT2D eigenvalue weighted by molar-refractivity contribution is -0.143. The number of carboxylic acid groups (broad SMARTS) is 1. The molecular weight excluding hydrogens is 288 g/mol. The number of likely N-dealkylation sites (N-methyl/N-ethyl adjacent to an activating group) is 1. The maximum absolute atomic E-state index is 11.9. The third-order valence-electron chi connectivity index (χ3n) is 2.98. The first kappa shape index (κ1) is 15.2. The number of thiazole rings is 1. The van der Waals surface area contributed by atoms with Gasteiger partial charge in [0.1, 0.15) is 11.6 Å². The van der Waals surface area contributed by atoms with Crippen LogP contribution in [0.1, 0.15) is 11.3 Å². The fourth-order valence-corrected chi connectivity index (χ4v) is 2.62. The Morgan fingerprint density at radius 3 is 2.57 bits per heavy atom. The molecule has 1 aromatic carbocycles. The molecule has 0 saturated carbocycles. The van der Waals surface area contributed by atoms with Crippen LogP contribution in [0.15, 0.2) is 29.6 Å². The van der Waals surface area contributed by atoms with Gasteiger partial charge < -0.3 is 10.0 Å². The van der Waals surface area contributed by atoms with E-state index < -0.39 is 5.97 Å². The molecule has 0 atom stereocenters. The van der Waals surface area contributed by atoms with Gasteiger partial charge in [0.15, 0.2) is 0 Å². The largest absolute Gasteiger partial charge is 0.480 e. The maximum atomic E-state index is 11.9. The first-order valence-electron chi connectivity index (χ1n) is 6.43. The number of carbonyl (C=O) groups excluding carboxylic acids is 1. The van der Waals surface area contributed by atoms with Crippen molar-refractivity contribution in [1.29, 1.82) is 0 Å². The van der Waals surface area contributed by atoms with Gasteiger partial charge in [-0.1, -0.05) is 29.8 Å². The number of amides is 1. The highest BCUT2D eigenvalue weighted by molar-refractivity contribution is 7.13. The number of aliphatic carboxylic acids is 1. The molecule has 0 aliphatic heterocycles. The van der Waals surface area contributed by atoms with Crippen LogP contribution in [0, 0.1) is 6.92 Å². The molecule has 110 valence electrons. The second-order valence-corrected chi connectivity index (χ2v) is 5.69. The summed E-state index contributed by atoms with van der Waals surface area (Å²) < 4.78 is 0. The summed E-state index contributed by atoms with van der Waals surface area (Å²) in [6.07, 6.45) is 0.117. The Hall–Kier alpha value is -2.21. The Bertz CT molecular complexity index is 649. The number of nitrogens with zero attached hydrogens (tertiary/aromatic N) is 2. The van der Waals surface area contributed by atoms with Crippen LogP contribution in [0.2, 0.25) is 0 Å². The molecule has 0 saturated heterocycles. The van der Waals surface area contributed by atoms with Crippen LogP contribution in [0.5, 0.6) is 0 Å². The molecule has 21 heavy (non-hydrogen) atoms. The first-order chi connectivity index (χ1) is 9.95. The Kier molecular flexibility index (Phi) is 4.70. The second kappa shape index (κ2) is 6.49. The van der Waals surface area contributed by atoms with E-state index in [-0.39, 0.29) is 18.9 Å². The molecule has 1 amide bonds. The number of aromatic nitrogens is 1. The van der Waals surface area contributed by atoms with Crippen molar-refractivity contribution in [3.63, 3.8) is 0 Å². The van der Waals surface area contributed by atoms with E-state index in [0.29, 0.717) is 5.69 Å². The number of benzene rings is 1. The van der Waals surface area contributed by atoms with Crippen LogP contribution in [-0.4, -0.2) is 40.5 Å². The fourth-order valence-electron chi connectivity index (χ4n) is 1.80. The molecular formula is C15H16N2O3S. The molecule has 5 nitrogen and oxygen atoms in total. The molecule has 1 heterocycles. The zero-order chi connectivity index (χ0) is 15.4. The summed E-state index contributed by atoms with van der Waals surface area (Å²) in [6, 6.07) is 8.02. The summed E-state index contributed by atoms with van der Waals surface area (Å²) in [4.78, 5) is 28.1. The number of carbonyl (C=O) groups is 2. The zero-order valence-electron chi connectivity index (χ0n) is 11.9. The van der Waals surface area contributed by atoms with Crippen LogP contribution >= 0.6 is 11.3 Å². The minimum Gasteiger partial charge on any atom is -0.480 e. The van der Waals surface area contributed by atoms with E-state index >= 15 is 0 Å². The third-order valence-corrected chi connectivity index (χ3v) is 3.92. The second-order valence-electron chi connectivity index (χ2n) is 4.83. The van der Waals surface area contributed by atoms with Gasteiger partial charge in [0.25, 0.3) is 0 Å². The fraction of sp³-hybridized carbons (Fsp3) is 0.267. The summed E-state index contributed by atoms with van der Waals surface area (Å²) in [6.45, 7) is 1.72. The van der Waals surface area contributed by atoms with Crippen molar-refractivity contribution in [1.82, 2.24) is 9.88 Å². The van der Waals surface area contributed by atoms with E-state index in [4.69, 9.17) is 5.11 Å². The molecule has 0 unspecified atom stereocenters. The summed E-state index contributed by atoms with van der Waals surface area (Å²) in [7, 11) is 1.48. The van der Waals surface area contributed by atoms with Gasteiger partial charge in [-0.2, -0.15) is 0 Å². The van der Waals surface area contributed by atoms with E-state index in [2.05, 4.69) is 4.98 Å². The van der Waals surface area contributed by atoms with Crippen molar-refractivity contribution >= 4 is 23.2 Å². The summed E-state index contributed by atoms with van der Waals surface area (Å²) in [5.74, 6) is -1.28. The standard InChI is InChI=1S/C15H16N2O3S/c1-10-3-5-11(6-4-10)15-16-12(9-21-15)7-13(18)17(2)8-14(19)20/h3-6,9H,7-8H2,1-2H3,(H,19,20). The molecule has 0 aliphatic rings. The van der Waals surface area contributed by atoms with Gasteiger partial charge in [-0.3, -0.25) is 9.59 Å². The normalized spacial score (nSPS) is 10.4. The van der Waals surface area contributed by atoms with Gasteiger partial charge in [-0.15, -0.1) is 11.3 Å². The van der Waals surface area contributed by atoms with Gasteiger partial charge in [0.05, 0.1) is 12.1 Å². The van der Waals surface area contributed by atoms with Crippen molar-refractivity contribution in [2.75, 3.05) is 13.6 Å². The summed E-state index contributed by atoms with van der Waals surface area (Å²) >= 11 is 1.48. The average Bonchev–Trinajstić information content (AvgIpc) is 2.87. The molecule has 1 aromatic heterocycles. The number of aryl methyl sites for hydroxylation is 1. The average molecular weight is 304 g/mol. The topological polar surface area (TPSA) is 70.5 Å². The Balaban J connectivity index is 2.05. The minimum atomic E-state index is -1.02. The van der Waals surface area contributed by atoms with Gasteiger partial charge in [0, 0.05) is 18.0 Å². The number of hydrogen-bond acceptors (Lipinski definition) is 4. The van der Waals surface area contributed by atoms with Crippen molar-refractivity contribution in [3.05, 3.63) is 40.9 Å². The van der Waals surface area contributed by atoms with Crippen molar-refractivity contribution < 1.29 is 14.7 Å². The summed E-state index contributed by atoms with van der Waals surface area (Å²) in [5.41, 5.74) is 2.86. The lowest BCUT2D eigenvalue weighted by Crippen LogP contribution is -2.33. The summed E-state index contributed by atoms with van der Waals surface area (Å²) in [5, 5.41) is 11.4. The monoisotopic (exact) mass is 304 g/mol. The van der Waals surface area contributed by atoms with Gasteiger partial charge in [-0.05, 0) is 6.92 Å². The van der Waals surface area contributed by atoms with Crippen LogP contribution in [0.3, 0.4) is 0 Å².